The number of hydrogen-bond donors (Lipinski definition) is 1. The summed E-state index contributed by atoms with van der Waals surface area (Å²) in [7, 11) is 0. The van der Waals surface area contributed by atoms with E-state index in [0.29, 0.717) is 5.02 Å². The zero-order chi connectivity index (χ0) is 11.7. The van der Waals surface area contributed by atoms with Crippen LogP contribution in [-0.4, -0.2) is 20.9 Å². The van der Waals surface area contributed by atoms with Gasteiger partial charge in [-0.15, -0.1) is 0 Å². The lowest BCUT2D eigenvalue weighted by Crippen LogP contribution is -2.01. The molecule has 0 aliphatic rings. The monoisotopic (exact) mass is 236 g/mol. The minimum absolute atomic E-state index is 0.263. The maximum Gasteiger partial charge on any atom is 0.335 e. The standard InChI is InChI=1S/C11H9ClN2O2/c1-7-4-8(11(15)16)2-3-10(7)14-6-9(12)5-13-14/h2-6H,1H3,(H,15,16). The predicted molar refractivity (Wildman–Crippen MR) is 60.3 cm³/mol. The average Bonchev–Trinajstić information content (AvgIpc) is 2.64. The number of hydrogen-bond acceptors (Lipinski definition) is 2. The zero-order valence-corrected chi connectivity index (χ0v) is 9.27. The highest BCUT2D eigenvalue weighted by Crippen LogP contribution is 2.17. The van der Waals surface area contributed by atoms with Gasteiger partial charge in [0.25, 0.3) is 0 Å². The van der Waals surface area contributed by atoms with Crippen molar-refractivity contribution >= 4 is 17.6 Å². The molecule has 1 N–H and O–H groups in total. The van der Waals surface area contributed by atoms with E-state index in [1.165, 1.54) is 6.20 Å². The molecule has 0 saturated heterocycles. The summed E-state index contributed by atoms with van der Waals surface area (Å²) in [5, 5.41) is 13.4. The van der Waals surface area contributed by atoms with Crippen molar-refractivity contribution < 1.29 is 9.90 Å². The van der Waals surface area contributed by atoms with E-state index in [4.69, 9.17) is 16.7 Å². The minimum Gasteiger partial charge on any atom is -0.478 e. The summed E-state index contributed by atoms with van der Waals surface area (Å²) in [6.07, 6.45) is 3.20. The van der Waals surface area contributed by atoms with E-state index >= 15 is 0 Å². The van der Waals surface area contributed by atoms with E-state index in [1.54, 1.807) is 29.1 Å². The zero-order valence-electron chi connectivity index (χ0n) is 8.51. The first-order chi connectivity index (χ1) is 7.58. The fraction of sp³-hybridized carbons (Fsp3) is 0.0909. The van der Waals surface area contributed by atoms with Gasteiger partial charge in [-0.25, -0.2) is 9.48 Å². The molecule has 0 fully saturated rings. The van der Waals surface area contributed by atoms with Crippen LogP contribution in [0.5, 0.6) is 0 Å². The molecule has 0 aliphatic carbocycles. The first kappa shape index (κ1) is 10.7. The summed E-state index contributed by atoms with van der Waals surface area (Å²) in [6, 6.07) is 4.86. The van der Waals surface area contributed by atoms with Gasteiger partial charge in [0.05, 0.1) is 22.5 Å². The molecule has 2 aromatic rings. The number of aryl methyl sites for hydroxylation is 1. The maximum atomic E-state index is 10.8. The smallest absolute Gasteiger partial charge is 0.335 e. The molecule has 82 valence electrons. The normalized spacial score (nSPS) is 10.4. The van der Waals surface area contributed by atoms with E-state index in [1.807, 2.05) is 6.92 Å². The van der Waals surface area contributed by atoms with Crippen LogP contribution in [0.25, 0.3) is 5.69 Å². The topological polar surface area (TPSA) is 55.1 Å². The number of nitrogens with zero attached hydrogens (tertiary/aromatic N) is 2. The molecule has 4 nitrogen and oxygen atoms in total. The van der Waals surface area contributed by atoms with Crippen molar-refractivity contribution in [1.29, 1.82) is 0 Å². The van der Waals surface area contributed by atoms with Crippen molar-refractivity contribution in [3.05, 3.63) is 46.7 Å². The first-order valence-corrected chi connectivity index (χ1v) is 5.00. The van der Waals surface area contributed by atoms with Gasteiger partial charge in [-0.05, 0) is 30.7 Å². The fourth-order valence-electron chi connectivity index (χ4n) is 1.48. The molecule has 0 atom stereocenters. The second kappa shape index (κ2) is 3.98. The quantitative estimate of drug-likeness (QED) is 0.872. The largest absolute Gasteiger partial charge is 0.478 e. The van der Waals surface area contributed by atoms with Gasteiger partial charge in [-0.2, -0.15) is 5.10 Å². The average molecular weight is 237 g/mol. The Bertz CT molecular complexity index is 549. The second-order valence-corrected chi connectivity index (χ2v) is 3.85. The Morgan fingerprint density at radius 1 is 1.50 bits per heavy atom. The number of carbonyl (C=O) groups is 1. The van der Waals surface area contributed by atoms with Gasteiger partial charge in [-0.1, -0.05) is 11.6 Å². The number of aromatic carboxylic acids is 1. The van der Waals surface area contributed by atoms with Crippen LogP contribution in [0.15, 0.2) is 30.6 Å². The van der Waals surface area contributed by atoms with Gasteiger partial charge >= 0.3 is 5.97 Å². The summed E-state index contributed by atoms with van der Waals surface area (Å²) >= 11 is 5.77. The lowest BCUT2D eigenvalue weighted by atomic mass is 10.1. The Labute approximate surface area is 97.1 Å². The van der Waals surface area contributed by atoms with Crippen molar-refractivity contribution in [2.45, 2.75) is 6.92 Å². The maximum absolute atomic E-state index is 10.8. The van der Waals surface area contributed by atoms with Crippen LogP contribution in [0, 0.1) is 6.92 Å². The third-order valence-electron chi connectivity index (χ3n) is 2.24. The van der Waals surface area contributed by atoms with Crippen LogP contribution < -0.4 is 0 Å². The SMILES string of the molecule is Cc1cc(C(=O)O)ccc1-n1cc(Cl)cn1. The number of halogens is 1. The highest BCUT2D eigenvalue weighted by atomic mass is 35.5. The van der Waals surface area contributed by atoms with E-state index < -0.39 is 5.97 Å². The molecule has 0 bridgehead atoms. The number of carboxylic acid groups (broad SMARTS) is 1. The molecule has 0 amide bonds. The summed E-state index contributed by atoms with van der Waals surface area (Å²) in [5.41, 5.74) is 1.91. The Morgan fingerprint density at radius 2 is 2.25 bits per heavy atom. The molecular weight excluding hydrogens is 228 g/mol. The number of aromatic nitrogens is 2. The van der Waals surface area contributed by atoms with Gasteiger partial charge in [0.15, 0.2) is 0 Å². The Balaban J connectivity index is 2.47. The molecule has 0 radical (unpaired) electrons. The number of rotatable bonds is 2. The number of benzene rings is 1. The van der Waals surface area contributed by atoms with Crippen molar-refractivity contribution in [2.75, 3.05) is 0 Å². The minimum atomic E-state index is -0.937. The predicted octanol–water partition coefficient (Wildman–Crippen LogP) is 2.53. The third kappa shape index (κ3) is 1.92. The van der Waals surface area contributed by atoms with Crippen LogP contribution >= 0.6 is 11.6 Å². The molecule has 5 heteroatoms. The molecule has 16 heavy (non-hydrogen) atoms. The number of carboxylic acids is 1. The lowest BCUT2D eigenvalue weighted by Gasteiger charge is -2.06. The molecule has 0 spiro atoms. The van der Waals surface area contributed by atoms with Crippen LogP contribution in [0.2, 0.25) is 5.02 Å². The van der Waals surface area contributed by atoms with Crippen LogP contribution in [-0.2, 0) is 0 Å². The molecule has 0 unspecified atom stereocenters. The van der Waals surface area contributed by atoms with Gasteiger partial charge in [0.2, 0.25) is 0 Å². The van der Waals surface area contributed by atoms with Gasteiger partial charge in [-0.3, -0.25) is 0 Å². The molecule has 1 heterocycles. The van der Waals surface area contributed by atoms with Crippen molar-refractivity contribution in [1.82, 2.24) is 9.78 Å². The van der Waals surface area contributed by atoms with Crippen molar-refractivity contribution in [3.8, 4) is 5.69 Å². The molecule has 2 rings (SSSR count). The Hall–Kier alpha value is -1.81. The van der Waals surface area contributed by atoms with Crippen molar-refractivity contribution in [2.24, 2.45) is 0 Å². The van der Waals surface area contributed by atoms with Crippen molar-refractivity contribution in [3.63, 3.8) is 0 Å². The van der Waals surface area contributed by atoms with E-state index in [-0.39, 0.29) is 5.56 Å². The van der Waals surface area contributed by atoms with Gasteiger partial charge < -0.3 is 5.11 Å². The Kier molecular flexibility index (Phi) is 2.66. The fourth-order valence-corrected chi connectivity index (χ4v) is 1.61. The highest BCUT2D eigenvalue weighted by Gasteiger charge is 2.07. The first-order valence-electron chi connectivity index (χ1n) is 4.62. The second-order valence-electron chi connectivity index (χ2n) is 3.41. The molecule has 1 aromatic carbocycles. The summed E-state index contributed by atoms with van der Waals surface area (Å²) in [5.74, 6) is -0.937. The third-order valence-corrected chi connectivity index (χ3v) is 2.44. The molecule has 1 aromatic heterocycles. The van der Waals surface area contributed by atoms with Gasteiger partial charge in [0.1, 0.15) is 0 Å². The molecule has 0 aliphatic heterocycles. The molecule has 0 saturated carbocycles. The van der Waals surface area contributed by atoms with Crippen LogP contribution in [0.3, 0.4) is 0 Å². The summed E-state index contributed by atoms with van der Waals surface area (Å²) in [4.78, 5) is 10.8. The van der Waals surface area contributed by atoms with E-state index in [0.717, 1.165) is 11.3 Å². The summed E-state index contributed by atoms with van der Waals surface area (Å²) < 4.78 is 1.61. The summed E-state index contributed by atoms with van der Waals surface area (Å²) in [6.45, 7) is 1.83. The van der Waals surface area contributed by atoms with E-state index in [2.05, 4.69) is 5.10 Å². The van der Waals surface area contributed by atoms with Gasteiger partial charge in [0, 0.05) is 6.20 Å². The van der Waals surface area contributed by atoms with E-state index in [9.17, 15) is 4.79 Å². The molecular formula is C11H9ClN2O2. The Morgan fingerprint density at radius 3 is 2.75 bits per heavy atom. The highest BCUT2D eigenvalue weighted by molar-refractivity contribution is 6.30. The lowest BCUT2D eigenvalue weighted by molar-refractivity contribution is 0.0697. The van der Waals surface area contributed by atoms with Crippen LogP contribution in [0.4, 0.5) is 0 Å². The van der Waals surface area contributed by atoms with Crippen LogP contribution in [0.1, 0.15) is 15.9 Å².